The molecule has 1 rings (SSSR count). The fraction of sp³-hybridized carbons (Fsp3) is 0.812. The molecule has 1 amide bonds. The first kappa shape index (κ1) is 18.5. The lowest BCUT2D eigenvalue weighted by molar-refractivity contribution is -0.934. The van der Waals surface area contributed by atoms with Gasteiger partial charge < -0.3 is 14.5 Å². The monoisotopic (exact) mass is 317 g/mol. The molecule has 0 saturated carbocycles. The minimum absolute atomic E-state index is 0.00356. The van der Waals surface area contributed by atoms with Gasteiger partial charge in [0.15, 0.2) is 0 Å². The Kier molecular flexibility index (Phi) is 5.87. The van der Waals surface area contributed by atoms with Crippen LogP contribution in [0.5, 0.6) is 0 Å². The fourth-order valence-corrected chi connectivity index (χ4v) is 3.35. The molecule has 0 aromatic heterocycles. The highest BCUT2D eigenvalue weighted by Crippen LogP contribution is 2.43. The van der Waals surface area contributed by atoms with Gasteiger partial charge in [0.25, 0.3) is 0 Å². The van der Waals surface area contributed by atoms with E-state index in [1.165, 1.54) is 0 Å². The number of carbonyl (C=O) groups excluding carboxylic acids is 1. The van der Waals surface area contributed by atoms with Gasteiger partial charge in [-0.15, -0.1) is 11.6 Å². The molecule has 4 nitrogen and oxygen atoms in total. The number of carbonyl (C=O) groups is 1. The van der Waals surface area contributed by atoms with Crippen LogP contribution in [0.25, 0.3) is 0 Å². The highest BCUT2D eigenvalue weighted by Gasteiger charge is 2.46. The molecule has 0 spiro atoms. The number of likely N-dealkylation sites (N-methyl/N-ethyl adjacent to an activating group) is 1. The Morgan fingerprint density at radius 2 is 2.05 bits per heavy atom. The van der Waals surface area contributed by atoms with Crippen molar-refractivity contribution < 1.29 is 14.0 Å². The number of ether oxygens (including phenoxy) is 1. The van der Waals surface area contributed by atoms with Gasteiger partial charge in [-0.1, -0.05) is 13.8 Å². The summed E-state index contributed by atoms with van der Waals surface area (Å²) in [6, 6.07) is 0. The normalized spacial score (nSPS) is 25.4. The van der Waals surface area contributed by atoms with Crippen LogP contribution in [-0.2, 0) is 9.53 Å². The third-order valence-electron chi connectivity index (χ3n) is 4.65. The molecular weight excluding hydrogens is 288 g/mol. The van der Waals surface area contributed by atoms with E-state index in [0.717, 1.165) is 36.2 Å². The SMILES string of the molecule is COCC[N+](C)(C)C1(C)C=C(NC(=O)CCl)CC(C)(C)C1. The molecule has 0 saturated heterocycles. The van der Waals surface area contributed by atoms with E-state index in [4.69, 9.17) is 16.3 Å². The second-order valence-corrected chi connectivity index (χ2v) is 7.89. The Morgan fingerprint density at radius 3 is 2.57 bits per heavy atom. The van der Waals surface area contributed by atoms with Crippen molar-refractivity contribution in [2.75, 3.05) is 40.2 Å². The molecule has 0 bridgehead atoms. The molecule has 1 aliphatic carbocycles. The van der Waals surface area contributed by atoms with Crippen LogP contribution < -0.4 is 5.32 Å². The van der Waals surface area contributed by atoms with Crippen LogP contribution in [0.1, 0.15) is 33.6 Å². The zero-order valence-corrected chi connectivity index (χ0v) is 15.0. The van der Waals surface area contributed by atoms with E-state index >= 15 is 0 Å². The van der Waals surface area contributed by atoms with Crippen LogP contribution in [-0.4, -0.2) is 56.2 Å². The number of allylic oxidation sites excluding steroid dienone is 1. The topological polar surface area (TPSA) is 38.3 Å². The van der Waals surface area contributed by atoms with Crippen molar-refractivity contribution >= 4 is 17.5 Å². The molecule has 0 aromatic rings. The molecule has 0 radical (unpaired) electrons. The van der Waals surface area contributed by atoms with Crippen molar-refractivity contribution in [1.82, 2.24) is 5.32 Å². The highest BCUT2D eigenvalue weighted by atomic mass is 35.5. The van der Waals surface area contributed by atoms with Gasteiger partial charge in [0.2, 0.25) is 5.91 Å². The number of rotatable bonds is 6. The largest absolute Gasteiger partial charge is 0.379 e. The maximum atomic E-state index is 11.6. The van der Waals surface area contributed by atoms with E-state index in [1.807, 2.05) is 0 Å². The smallest absolute Gasteiger partial charge is 0.239 e. The van der Waals surface area contributed by atoms with Crippen molar-refractivity contribution in [3.05, 3.63) is 11.8 Å². The van der Waals surface area contributed by atoms with Crippen molar-refractivity contribution in [2.24, 2.45) is 5.41 Å². The average Bonchev–Trinajstić information content (AvgIpc) is 2.33. The van der Waals surface area contributed by atoms with Gasteiger partial charge in [-0.2, -0.15) is 0 Å². The number of hydrogen-bond acceptors (Lipinski definition) is 2. The summed E-state index contributed by atoms with van der Waals surface area (Å²) in [7, 11) is 6.17. The number of hydrogen-bond donors (Lipinski definition) is 1. The lowest BCUT2D eigenvalue weighted by atomic mass is 9.70. The van der Waals surface area contributed by atoms with Crippen LogP contribution in [0.4, 0.5) is 0 Å². The summed E-state index contributed by atoms with van der Waals surface area (Å²) in [5, 5.41) is 2.96. The van der Waals surface area contributed by atoms with Crippen molar-refractivity contribution in [1.29, 1.82) is 0 Å². The molecule has 21 heavy (non-hydrogen) atoms. The predicted molar refractivity (Wildman–Crippen MR) is 87.2 cm³/mol. The van der Waals surface area contributed by atoms with Gasteiger partial charge in [0.1, 0.15) is 18.0 Å². The Labute approximate surface area is 134 Å². The van der Waals surface area contributed by atoms with E-state index in [-0.39, 0.29) is 22.7 Å². The number of halogens is 1. The lowest BCUT2D eigenvalue weighted by Gasteiger charge is -2.51. The Bertz CT molecular complexity index is 419. The van der Waals surface area contributed by atoms with Gasteiger partial charge in [0.05, 0.1) is 20.7 Å². The Morgan fingerprint density at radius 1 is 1.43 bits per heavy atom. The molecule has 0 heterocycles. The summed E-state index contributed by atoms with van der Waals surface area (Å²) in [6.07, 6.45) is 4.16. The summed E-state index contributed by atoms with van der Waals surface area (Å²) in [4.78, 5) is 11.6. The minimum Gasteiger partial charge on any atom is -0.379 e. The molecule has 1 N–H and O–H groups in total. The minimum atomic E-state index is -0.134. The maximum absolute atomic E-state index is 11.6. The Hall–Kier alpha value is -0.580. The van der Waals surface area contributed by atoms with Crippen LogP contribution in [0.15, 0.2) is 11.8 Å². The summed E-state index contributed by atoms with van der Waals surface area (Å²) >= 11 is 5.61. The van der Waals surface area contributed by atoms with E-state index in [2.05, 4.69) is 46.3 Å². The van der Waals surface area contributed by atoms with Crippen molar-refractivity contribution in [3.8, 4) is 0 Å². The first-order chi connectivity index (χ1) is 9.55. The number of amides is 1. The Balaban J connectivity index is 3.07. The molecule has 0 aromatic carbocycles. The summed E-state index contributed by atoms with van der Waals surface area (Å²) < 4.78 is 6.07. The van der Waals surface area contributed by atoms with Crippen LogP contribution in [0, 0.1) is 5.41 Å². The third kappa shape index (κ3) is 4.70. The third-order valence-corrected chi connectivity index (χ3v) is 4.89. The first-order valence-electron chi connectivity index (χ1n) is 7.45. The van der Waals surface area contributed by atoms with Crippen LogP contribution in [0.3, 0.4) is 0 Å². The number of alkyl halides is 1. The fourth-order valence-electron chi connectivity index (χ4n) is 3.28. The number of nitrogens with zero attached hydrogens (tertiary/aromatic N) is 1. The van der Waals surface area contributed by atoms with E-state index in [1.54, 1.807) is 7.11 Å². The summed E-state index contributed by atoms with van der Waals surface area (Å²) in [5.74, 6) is -0.138. The number of nitrogens with one attached hydrogen (secondary N) is 1. The molecule has 1 atom stereocenters. The quantitative estimate of drug-likeness (QED) is 0.604. The number of quaternary nitrogens is 1. The van der Waals surface area contributed by atoms with Crippen LogP contribution >= 0.6 is 11.6 Å². The van der Waals surface area contributed by atoms with Crippen molar-refractivity contribution in [3.63, 3.8) is 0 Å². The van der Waals surface area contributed by atoms with Gasteiger partial charge in [-0.25, -0.2) is 0 Å². The average molecular weight is 318 g/mol. The summed E-state index contributed by atoms with van der Waals surface area (Å²) in [5.41, 5.74) is 1.08. The van der Waals surface area contributed by atoms with E-state index in [9.17, 15) is 4.79 Å². The standard InChI is InChI=1S/C16H29ClN2O2/c1-15(2)9-13(18-14(20)11-17)10-16(3,12-15)19(4,5)7-8-21-6/h10H,7-9,11-12H2,1-6H3/p+1. The zero-order chi connectivity index (χ0) is 16.3. The molecule has 0 fully saturated rings. The molecule has 122 valence electrons. The molecule has 0 aliphatic heterocycles. The molecule has 1 aliphatic rings. The van der Waals surface area contributed by atoms with E-state index < -0.39 is 0 Å². The highest BCUT2D eigenvalue weighted by molar-refractivity contribution is 6.27. The second kappa shape index (κ2) is 6.67. The maximum Gasteiger partial charge on any atom is 0.239 e. The number of methoxy groups -OCH3 is 1. The second-order valence-electron chi connectivity index (χ2n) is 7.63. The predicted octanol–water partition coefficient (Wildman–Crippen LogP) is 2.53. The van der Waals surface area contributed by atoms with Gasteiger partial charge in [0, 0.05) is 19.2 Å². The molecule has 1 unspecified atom stereocenters. The summed E-state index contributed by atoms with van der Waals surface area (Å²) in [6.45, 7) is 8.41. The van der Waals surface area contributed by atoms with Crippen molar-refractivity contribution in [2.45, 2.75) is 39.2 Å². The molecular formula is C16H30ClN2O2+. The van der Waals surface area contributed by atoms with Gasteiger partial charge >= 0.3 is 0 Å². The molecule has 5 heteroatoms. The van der Waals surface area contributed by atoms with Crippen LogP contribution in [0.2, 0.25) is 0 Å². The van der Waals surface area contributed by atoms with E-state index in [0.29, 0.717) is 0 Å². The van der Waals surface area contributed by atoms with Gasteiger partial charge in [-0.3, -0.25) is 4.79 Å². The lowest BCUT2D eigenvalue weighted by Crippen LogP contribution is -2.61. The van der Waals surface area contributed by atoms with Gasteiger partial charge in [-0.05, 0) is 24.8 Å². The first-order valence-corrected chi connectivity index (χ1v) is 7.98. The zero-order valence-electron chi connectivity index (χ0n) is 14.3.